The van der Waals surface area contributed by atoms with Crippen molar-refractivity contribution in [2.24, 2.45) is 0 Å². The van der Waals surface area contributed by atoms with Crippen LogP contribution in [0.3, 0.4) is 0 Å². The van der Waals surface area contributed by atoms with Gasteiger partial charge in [-0.05, 0) is 42.3 Å². The molecule has 0 spiro atoms. The number of rotatable bonds is 4. The van der Waals surface area contributed by atoms with Crippen LogP contribution in [-0.4, -0.2) is 13.1 Å². The van der Waals surface area contributed by atoms with Crippen LogP contribution >= 0.6 is 0 Å². The number of ether oxygens (including phenoxy) is 1. The summed E-state index contributed by atoms with van der Waals surface area (Å²) in [6.45, 7) is 0. The van der Waals surface area contributed by atoms with Gasteiger partial charge in [-0.15, -0.1) is 0 Å². The molecule has 0 atom stereocenters. The molecule has 23 heavy (non-hydrogen) atoms. The number of hydrogen-bond donors (Lipinski definition) is 0. The Morgan fingerprint density at radius 2 is 1.96 bits per heavy atom. The second kappa shape index (κ2) is 6.37. The summed E-state index contributed by atoms with van der Waals surface area (Å²) in [4.78, 5) is 11.4. The Kier molecular flexibility index (Phi) is 4.11. The molecule has 3 aromatic rings. The van der Waals surface area contributed by atoms with Gasteiger partial charge in [-0.2, -0.15) is 5.26 Å². The third-order valence-corrected chi connectivity index (χ3v) is 3.82. The number of furan rings is 1. The van der Waals surface area contributed by atoms with Crippen LogP contribution in [0.5, 0.6) is 0 Å². The Balaban J connectivity index is 1.73. The van der Waals surface area contributed by atoms with Crippen molar-refractivity contribution < 1.29 is 13.9 Å². The van der Waals surface area contributed by atoms with E-state index in [0.29, 0.717) is 11.1 Å². The second-order valence-electron chi connectivity index (χ2n) is 5.26. The van der Waals surface area contributed by atoms with Crippen LogP contribution in [0.25, 0.3) is 10.8 Å². The Morgan fingerprint density at radius 3 is 2.65 bits per heavy atom. The Hall–Kier alpha value is -3.06. The van der Waals surface area contributed by atoms with E-state index in [0.717, 1.165) is 34.9 Å². The number of methoxy groups -OCH3 is 1. The number of esters is 1. The highest BCUT2D eigenvalue weighted by Crippen LogP contribution is 2.23. The summed E-state index contributed by atoms with van der Waals surface area (Å²) < 4.78 is 10.3. The maximum absolute atomic E-state index is 11.4. The van der Waals surface area contributed by atoms with Gasteiger partial charge in [0.25, 0.3) is 0 Å². The number of fused-ring (bicyclic) bond motifs is 1. The third-order valence-electron chi connectivity index (χ3n) is 3.82. The third kappa shape index (κ3) is 3.09. The summed E-state index contributed by atoms with van der Waals surface area (Å²) in [5.41, 5.74) is 2.29. The van der Waals surface area contributed by atoms with Crippen LogP contribution in [0.15, 0.2) is 53.1 Å². The molecule has 1 heterocycles. The molecule has 0 aliphatic heterocycles. The summed E-state index contributed by atoms with van der Waals surface area (Å²) >= 11 is 0. The first-order valence-electron chi connectivity index (χ1n) is 7.29. The van der Waals surface area contributed by atoms with E-state index in [1.807, 2.05) is 24.3 Å². The van der Waals surface area contributed by atoms with Gasteiger partial charge in [0.2, 0.25) is 0 Å². The summed E-state index contributed by atoms with van der Waals surface area (Å²) in [5.74, 6) is 0.573. The molecule has 4 nitrogen and oxygen atoms in total. The molecule has 0 N–H and O–H groups in total. The SMILES string of the molecule is COC(=O)c1ccc(CCc2occ3cc(C#N)ccc23)cc1. The van der Waals surface area contributed by atoms with Crippen LogP contribution in [0.2, 0.25) is 0 Å². The Labute approximate surface area is 133 Å². The van der Waals surface area contributed by atoms with Crippen molar-refractivity contribution >= 4 is 16.7 Å². The predicted octanol–water partition coefficient (Wildman–Crippen LogP) is 3.88. The van der Waals surface area contributed by atoms with Gasteiger partial charge in [0, 0.05) is 17.2 Å². The molecule has 0 aliphatic rings. The summed E-state index contributed by atoms with van der Waals surface area (Å²) in [6, 6.07) is 15.0. The number of nitriles is 1. The van der Waals surface area contributed by atoms with Gasteiger partial charge in [0.15, 0.2) is 0 Å². The lowest BCUT2D eigenvalue weighted by Crippen LogP contribution is -2.01. The highest BCUT2D eigenvalue weighted by atomic mass is 16.5. The van der Waals surface area contributed by atoms with Gasteiger partial charge >= 0.3 is 5.97 Å². The summed E-state index contributed by atoms with van der Waals surface area (Å²) in [7, 11) is 1.37. The zero-order valence-corrected chi connectivity index (χ0v) is 12.7. The van der Waals surface area contributed by atoms with Crippen molar-refractivity contribution in [1.82, 2.24) is 0 Å². The summed E-state index contributed by atoms with van der Waals surface area (Å²) in [5, 5.41) is 10.9. The van der Waals surface area contributed by atoms with E-state index in [1.165, 1.54) is 7.11 Å². The molecule has 4 heteroatoms. The topological polar surface area (TPSA) is 63.2 Å². The average molecular weight is 305 g/mol. The standard InChI is InChI=1S/C19H15NO3/c1-22-19(21)15-6-2-13(3-7-15)5-9-18-17-8-4-14(11-20)10-16(17)12-23-18/h2-4,6-8,10,12H,5,9H2,1H3. The van der Waals surface area contributed by atoms with Gasteiger partial charge in [0.05, 0.1) is 30.6 Å². The van der Waals surface area contributed by atoms with Gasteiger partial charge in [-0.3, -0.25) is 0 Å². The minimum atomic E-state index is -0.332. The zero-order valence-electron chi connectivity index (χ0n) is 12.7. The van der Waals surface area contributed by atoms with E-state index in [-0.39, 0.29) is 5.97 Å². The maximum atomic E-state index is 11.4. The van der Waals surface area contributed by atoms with Crippen molar-refractivity contribution in [2.45, 2.75) is 12.8 Å². The van der Waals surface area contributed by atoms with Crippen LogP contribution in [0, 0.1) is 11.3 Å². The van der Waals surface area contributed by atoms with E-state index in [9.17, 15) is 4.79 Å². The van der Waals surface area contributed by atoms with E-state index in [1.54, 1.807) is 24.5 Å². The molecule has 0 bridgehead atoms. The van der Waals surface area contributed by atoms with Crippen molar-refractivity contribution in [1.29, 1.82) is 5.26 Å². The number of hydrogen-bond acceptors (Lipinski definition) is 4. The van der Waals surface area contributed by atoms with Gasteiger partial charge in [-0.25, -0.2) is 4.79 Å². The molecule has 0 radical (unpaired) electrons. The lowest BCUT2D eigenvalue weighted by Gasteiger charge is -2.03. The van der Waals surface area contributed by atoms with Gasteiger partial charge < -0.3 is 9.15 Å². The molecule has 0 saturated heterocycles. The minimum Gasteiger partial charge on any atom is -0.468 e. The van der Waals surface area contributed by atoms with Crippen LogP contribution in [0.1, 0.15) is 27.2 Å². The van der Waals surface area contributed by atoms with E-state index < -0.39 is 0 Å². The fourth-order valence-corrected chi connectivity index (χ4v) is 2.56. The van der Waals surface area contributed by atoms with Crippen molar-refractivity contribution in [3.63, 3.8) is 0 Å². The molecule has 0 aliphatic carbocycles. The molecule has 3 rings (SSSR count). The number of nitrogens with zero attached hydrogens (tertiary/aromatic N) is 1. The van der Waals surface area contributed by atoms with Crippen LogP contribution in [0.4, 0.5) is 0 Å². The highest BCUT2D eigenvalue weighted by Gasteiger charge is 2.08. The molecule has 0 unspecified atom stereocenters. The molecular formula is C19H15NO3. The molecule has 2 aromatic carbocycles. The number of benzene rings is 2. The van der Waals surface area contributed by atoms with Gasteiger partial charge in [0.1, 0.15) is 5.76 Å². The van der Waals surface area contributed by atoms with Crippen molar-refractivity contribution in [3.05, 3.63) is 71.2 Å². The van der Waals surface area contributed by atoms with Crippen LogP contribution in [-0.2, 0) is 17.6 Å². The Morgan fingerprint density at radius 1 is 1.17 bits per heavy atom. The molecular weight excluding hydrogens is 290 g/mol. The second-order valence-corrected chi connectivity index (χ2v) is 5.26. The van der Waals surface area contributed by atoms with Gasteiger partial charge in [-0.1, -0.05) is 12.1 Å². The lowest BCUT2D eigenvalue weighted by atomic mass is 10.0. The maximum Gasteiger partial charge on any atom is 0.337 e. The lowest BCUT2D eigenvalue weighted by molar-refractivity contribution is 0.0600. The number of aryl methyl sites for hydroxylation is 2. The van der Waals surface area contributed by atoms with Crippen LogP contribution < -0.4 is 0 Å². The molecule has 0 saturated carbocycles. The fraction of sp³-hybridized carbons (Fsp3) is 0.158. The summed E-state index contributed by atoms with van der Waals surface area (Å²) in [6.07, 6.45) is 3.25. The first kappa shape index (κ1) is 14.9. The number of carbonyl (C=O) groups is 1. The highest BCUT2D eigenvalue weighted by molar-refractivity contribution is 5.89. The molecule has 0 fully saturated rings. The normalized spacial score (nSPS) is 10.4. The van der Waals surface area contributed by atoms with E-state index in [2.05, 4.69) is 10.8 Å². The predicted molar refractivity (Wildman–Crippen MR) is 86.1 cm³/mol. The minimum absolute atomic E-state index is 0.332. The monoisotopic (exact) mass is 305 g/mol. The molecule has 1 aromatic heterocycles. The first-order valence-corrected chi connectivity index (χ1v) is 7.29. The first-order chi connectivity index (χ1) is 11.2. The van der Waals surface area contributed by atoms with Crippen molar-refractivity contribution in [2.75, 3.05) is 7.11 Å². The van der Waals surface area contributed by atoms with E-state index >= 15 is 0 Å². The van der Waals surface area contributed by atoms with E-state index in [4.69, 9.17) is 9.68 Å². The largest absolute Gasteiger partial charge is 0.468 e. The average Bonchev–Trinajstić information content (AvgIpc) is 3.01. The Bertz CT molecular complexity index is 885. The quantitative estimate of drug-likeness (QED) is 0.686. The molecule has 114 valence electrons. The smallest absolute Gasteiger partial charge is 0.337 e. The van der Waals surface area contributed by atoms with Crippen molar-refractivity contribution in [3.8, 4) is 6.07 Å². The fourth-order valence-electron chi connectivity index (χ4n) is 2.56. The number of carbonyl (C=O) groups excluding carboxylic acids is 1. The molecule has 0 amide bonds. The zero-order chi connectivity index (χ0) is 16.2.